The van der Waals surface area contributed by atoms with Gasteiger partial charge in [-0.1, -0.05) is 6.08 Å². The van der Waals surface area contributed by atoms with E-state index in [0.29, 0.717) is 19.5 Å². The summed E-state index contributed by atoms with van der Waals surface area (Å²) in [4.78, 5) is 25.9. The third kappa shape index (κ3) is 2.74. The van der Waals surface area contributed by atoms with Gasteiger partial charge in [-0.15, -0.1) is 6.58 Å². The highest BCUT2D eigenvalue weighted by atomic mass is 16.4. The Bertz CT molecular complexity index is 291. The molecule has 16 heavy (non-hydrogen) atoms. The highest BCUT2D eigenvalue weighted by molar-refractivity contribution is 5.82. The summed E-state index contributed by atoms with van der Waals surface area (Å²) in [6, 6.07) is -0.902. The molecule has 1 aliphatic heterocycles. The maximum absolute atomic E-state index is 11.9. The van der Waals surface area contributed by atoms with Gasteiger partial charge in [0.05, 0.1) is 0 Å². The van der Waals surface area contributed by atoms with Crippen LogP contribution in [0, 0.1) is 0 Å². The zero-order valence-electron chi connectivity index (χ0n) is 9.56. The largest absolute Gasteiger partial charge is 0.480 e. The standard InChI is InChI=1S/C11H18N2O3/c1-3-7-12(2)11(16)13-8-5-4-6-9(13)10(14)15/h3,9H,1,4-8H2,2H3,(H,14,15). The number of piperidine rings is 1. The van der Waals surface area contributed by atoms with E-state index in [4.69, 9.17) is 5.11 Å². The summed E-state index contributed by atoms with van der Waals surface area (Å²) < 4.78 is 0. The molecule has 1 unspecified atom stereocenters. The second kappa shape index (κ2) is 5.53. The Morgan fingerprint density at radius 1 is 1.56 bits per heavy atom. The lowest BCUT2D eigenvalue weighted by Gasteiger charge is -2.35. The predicted molar refractivity (Wildman–Crippen MR) is 60.2 cm³/mol. The summed E-state index contributed by atoms with van der Waals surface area (Å²) in [5, 5.41) is 9.04. The number of carbonyl (C=O) groups is 2. The van der Waals surface area contributed by atoms with Gasteiger partial charge >= 0.3 is 12.0 Å². The summed E-state index contributed by atoms with van der Waals surface area (Å²) in [5.74, 6) is -0.917. The lowest BCUT2D eigenvalue weighted by Crippen LogP contribution is -2.52. The number of carboxylic acids is 1. The highest BCUT2D eigenvalue weighted by Crippen LogP contribution is 2.18. The molecule has 0 radical (unpaired) electrons. The summed E-state index contributed by atoms with van der Waals surface area (Å²) in [6.07, 6.45) is 3.91. The van der Waals surface area contributed by atoms with Gasteiger partial charge in [-0.25, -0.2) is 9.59 Å². The minimum atomic E-state index is -0.917. The number of likely N-dealkylation sites (N-methyl/N-ethyl adjacent to an activating group) is 1. The van der Waals surface area contributed by atoms with Crippen molar-refractivity contribution in [3.63, 3.8) is 0 Å². The molecule has 0 saturated carbocycles. The summed E-state index contributed by atoms with van der Waals surface area (Å²) in [6.45, 7) is 4.51. The van der Waals surface area contributed by atoms with Gasteiger partial charge in [-0.2, -0.15) is 0 Å². The van der Waals surface area contributed by atoms with E-state index in [0.717, 1.165) is 12.8 Å². The van der Waals surface area contributed by atoms with Crippen molar-refractivity contribution < 1.29 is 14.7 Å². The van der Waals surface area contributed by atoms with E-state index in [2.05, 4.69) is 6.58 Å². The van der Waals surface area contributed by atoms with Gasteiger partial charge in [0.1, 0.15) is 6.04 Å². The van der Waals surface area contributed by atoms with Crippen LogP contribution in [0.3, 0.4) is 0 Å². The van der Waals surface area contributed by atoms with Gasteiger partial charge in [0.15, 0.2) is 0 Å². The molecule has 1 fully saturated rings. The minimum absolute atomic E-state index is 0.230. The van der Waals surface area contributed by atoms with E-state index in [9.17, 15) is 9.59 Å². The van der Waals surface area contributed by atoms with Crippen LogP contribution in [0.1, 0.15) is 19.3 Å². The Labute approximate surface area is 95.3 Å². The molecule has 1 rings (SSSR count). The number of carboxylic acid groups (broad SMARTS) is 1. The third-order valence-corrected chi connectivity index (χ3v) is 2.76. The molecule has 5 nitrogen and oxygen atoms in total. The van der Waals surface area contributed by atoms with Crippen LogP contribution in [0.15, 0.2) is 12.7 Å². The maximum Gasteiger partial charge on any atom is 0.326 e. The summed E-state index contributed by atoms with van der Waals surface area (Å²) >= 11 is 0. The van der Waals surface area contributed by atoms with Crippen molar-refractivity contribution in [2.45, 2.75) is 25.3 Å². The van der Waals surface area contributed by atoms with E-state index in [1.807, 2.05) is 0 Å². The van der Waals surface area contributed by atoms with Crippen molar-refractivity contribution in [2.24, 2.45) is 0 Å². The van der Waals surface area contributed by atoms with E-state index in [1.54, 1.807) is 13.1 Å². The van der Waals surface area contributed by atoms with Crippen LogP contribution in [0.25, 0.3) is 0 Å². The summed E-state index contributed by atoms with van der Waals surface area (Å²) in [7, 11) is 1.65. The van der Waals surface area contributed by atoms with E-state index < -0.39 is 12.0 Å². The molecular weight excluding hydrogens is 208 g/mol. The van der Waals surface area contributed by atoms with Crippen LogP contribution < -0.4 is 0 Å². The molecule has 0 aromatic heterocycles. The molecule has 0 bridgehead atoms. The first-order chi connectivity index (χ1) is 7.57. The van der Waals surface area contributed by atoms with Gasteiger partial charge in [0, 0.05) is 20.1 Å². The molecule has 0 aromatic carbocycles. The lowest BCUT2D eigenvalue weighted by molar-refractivity contribution is -0.143. The average Bonchev–Trinajstić information content (AvgIpc) is 2.28. The maximum atomic E-state index is 11.9. The van der Waals surface area contributed by atoms with Crippen LogP contribution in [0.4, 0.5) is 4.79 Å². The van der Waals surface area contributed by atoms with Gasteiger partial charge in [-0.3, -0.25) is 0 Å². The van der Waals surface area contributed by atoms with Crippen molar-refractivity contribution in [1.82, 2.24) is 9.80 Å². The number of urea groups is 1. The first kappa shape index (κ1) is 12.5. The van der Waals surface area contributed by atoms with Gasteiger partial charge in [-0.05, 0) is 19.3 Å². The predicted octanol–water partition coefficient (Wildman–Crippen LogP) is 1.16. The Balaban J connectivity index is 2.70. The average molecular weight is 226 g/mol. The number of likely N-dealkylation sites (tertiary alicyclic amines) is 1. The van der Waals surface area contributed by atoms with Crippen LogP contribution in [-0.2, 0) is 4.79 Å². The van der Waals surface area contributed by atoms with E-state index >= 15 is 0 Å². The van der Waals surface area contributed by atoms with Crippen molar-refractivity contribution >= 4 is 12.0 Å². The monoisotopic (exact) mass is 226 g/mol. The van der Waals surface area contributed by atoms with Gasteiger partial charge in [0.2, 0.25) is 0 Å². The number of hydrogen-bond donors (Lipinski definition) is 1. The van der Waals surface area contributed by atoms with Crippen LogP contribution in [-0.4, -0.2) is 53.1 Å². The smallest absolute Gasteiger partial charge is 0.326 e. The second-order valence-electron chi connectivity index (χ2n) is 3.99. The molecule has 1 heterocycles. The normalized spacial score (nSPS) is 20.3. The lowest BCUT2D eigenvalue weighted by atomic mass is 10.0. The Morgan fingerprint density at radius 3 is 2.81 bits per heavy atom. The molecule has 90 valence electrons. The fourth-order valence-corrected chi connectivity index (χ4v) is 1.91. The Kier molecular flexibility index (Phi) is 4.34. The molecule has 1 aliphatic rings. The van der Waals surface area contributed by atoms with Gasteiger partial charge < -0.3 is 14.9 Å². The molecule has 5 heteroatoms. The Hall–Kier alpha value is -1.52. The van der Waals surface area contributed by atoms with Crippen LogP contribution in [0.2, 0.25) is 0 Å². The number of hydrogen-bond acceptors (Lipinski definition) is 2. The second-order valence-corrected chi connectivity index (χ2v) is 3.99. The van der Waals surface area contributed by atoms with Crippen LogP contribution >= 0.6 is 0 Å². The molecule has 0 spiro atoms. The number of nitrogens with zero attached hydrogens (tertiary/aromatic N) is 2. The topological polar surface area (TPSA) is 60.9 Å². The van der Waals surface area contributed by atoms with E-state index in [-0.39, 0.29) is 6.03 Å². The third-order valence-electron chi connectivity index (χ3n) is 2.76. The number of aliphatic carboxylic acids is 1. The van der Waals surface area contributed by atoms with Gasteiger partial charge in [0.25, 0.3) is 0 Å². The molecule has 0 aromatic rings. The van der Waals surface area contributed by atoms with Crippen molar-refractivity contribution in [3.8, 4) is 0 Å². The van der Waals surface area contributed by atoms with Crippen LogP contribution in [0.5, 0.6) is 0 Å². The number of carbonyl (C=O) groups excluding carboxylic acids is 1. The number of amides is 2. The molecule has 1 N–H and O–H groups in total. The zero-order valence-corrected chi connectivity index (χ0v) is 9.56. The molecule has 2 amide bonds. The minimum Gasteiger partial charge on any atom is -0.480 e. The Morgan fingerprint density at radius 2 is 2.25 bits per heavy atom. The first-order valence-electron chi connectivity index (χ1n) is 5.43. The van der Waals surface area contributed by atoms with Crippen molar-refractivity contribution in [2.75, 3.05) is 20.1 Å². The van der Waals surface area contributed by atoms with E-state index in [1.165, 1.54) is 9.80 Å². The van der Waals surface area contributed by atoms with Crippen molar-refractivity contribution in [1.29, 1.82) is 0 Å². The number of rotatable bonds is 3. The fraction of sp³-hybridized carbons (Fsp3) is 0.636. The summed E-state index contributed by atoms with van der Waals surface area (Å²) in [5.41, 5.74) is 0. The molecule has 1 atom stereocenters. The SMILES string of the molecule is C=CCN(C)C(=O)N1CCCCC1C(=O)O. The highest BCUT2D eigenvalue weighted by Gasteiger charge is 2.33. The molecule has 0 aliphatic carbocycles. The van der Waals surface area contributed by atoms with Crippen molar-refractivity contribution in [3.05, 3.63) is 12.7 Å². The molecular formula is C11H18N2O3. The quantitative estimate of drug-likeness (QED) is 0.735. The zero-order chi connectivity index (χ0) is 12.1. The molecule has 1 saturated heterocycles. The fourth-order valence-electron chi connectivity index (χ4n) is 1.91. The first-order valence-corrected chi connectivity index (χ1v) is 5.43.